The van der Waals surface area contributed by atoms with Crippen LogP contribution in [0.1, 0.15) is 71.4 Å². The lowest BCUT2D eigenvalue weighted by Crippen LogP contribution is -2.67. The molecule has 2 aliphatic carbocycles. The lowest BCUT2D eigenvalue weighted by Gasteiger charge is -2.56. The van der Waals surface area contributed by atoms with E-state index in [0.29, 0.717) is 0 Å². The van der Waals surface area contributed by atoms with Crippen molar-refractivity contribution in [2.75, 3.05) is 5.01 Å². The zero-order valence-corrected chi connectivity index (χ0v) is 26.2. The molecule has 216 valence electrons. The Bertz CT molecular complexity index is 1270. The summed E-state index contributed by atoms with van der Waals surface area (Å²) in [5.74, 6) is -2.89. The van der Waals surface area contributed by atoms with Crippen LogP contribution >= 0.6 is 69.6 Å². The van der Waals surface area contributed by atoms with Crippen molar-refractivity contribution in [1.82, 2.24) is 9.58 Å². The summed E-state index contributed by atoms with van der Waals surface area (Å²) >= 11 is 39.7. The number of halogens is 6. The smallest absolute Gasteiger partial charge is 0.242 e. The quantitative estimate of drug-likeness (QED) is 0.384. The molecule has 1 aromatic heterocycles. The third-order valence-electron chi connectivity index (χ3n) is 7.85. The molecule has 0 spiro atoms. The minimum absolute atomic E-state index is 0.152. The first kappa shape index (κ1) is 30.7. The first-order chi connectivity index (χ1) is 17.6. The number of amides is 3. The topological polar surface area (TPSA) is 129 Å². The predicted molar refractivity (Wildman–Crippen MR) is 151 cm³/mol. The van der Waals surface area contributed by atoms with Gasteiger partial charge in [0.15, 0.2) is 4.33 Å². The number of fused-ring (bicyclic) bond motifs is 5. The molecule has 9 nitrogen and oxygen atoms in total. The van der Waals surface area contributed by atoms with Gasteiger partial charge in [0, 0.05) is 30.8 Å². The summed E-state index contributed by atoms with van der Waals surface area (Å²) in [7, 11) is 0. The van der Waals surface area contributed by atoms with Crippen LogP contribution in [0.5, 0.6) is 11.8 Å². The minimum atomic E-state index is -2.12. The largest absolute Gasteiger partial charge is 0.493 e. The number of allylic oxidation sites excluding steroid dienone is 2. The Morgan fingerprint density at radius 1 is 0.897 bits per heavy atom. The number of carbonyl (C=O) groups is 3. The molecule has 1 aliphatic heterocycles. The molecule has 1 fully saturated rings. The number of primary amides is 1. The molecule has 2 atom stereocenters. The number of nitrogens with zero attached hydrogens (tertiary/aromatic N) is 3. The molecule has 0 radical (unpaired) electrons. The van der Waals surface area contributed by atoms with Gasteiger partial charge in [-0.3, -0.25) is 14.4 Å². The molecular weight excluding hydrogens is 637 g/mol. The summed E-state index contributed by atoms with van der Waals surface area (Å²) in [4.78, 5) is 35.5. The number of hydrogen-bond acceptors (Lipinski definition) is 5. The van der Waals surface area contributed by atoms with Crippen LogP contribution in [0.25, 0.3) is 0 Å². The summed E-state index contributed by atoms with van der Waals surface area (Å²) < 4.78 is -1.25. The van der Waals surface area contributed by atoms with Crippen LogP contribution < -0.4 is 10.7 Å². The van der Waals surface area contributed by atoms with Crippen molar-refractivity contribution < 1.29 is 24.6 Å². The Hall–Kier alpha value is -1.23. The molecule has 2 unspecified atom stereocenters. The van der Waals surface area contributed by atoms with Crippen molar-refractivity contribution in [2.45, 2.75) is 91.5 Å². The van der Waals surface area contributed by atoms with Crippen molar-refractivity contribution in [3.8, 4) is 11.8 Å². The van der Waals surface area contributed by atoms with Gasteiger partial charge in [-0.2, -0.15) is 4.68 Å². The molecule has 0 aromatic carbocycles. The Morgan fingerprint density at radius 3 is 1.67 bits per heavy atom. The van der Waals surface area contributed by atoms with Crippen LogP contribution in [0, 0.1) is 0 Å². The van der Waals surface area contributed by atoms with Gasteiger partial charge in [-0.15, -0.1) is 23.2 Å². The Morgan fingerprint density at radius 2 is 1.31 bits per heavy atom. The Kier molecular flexibility index (Phi) is 7.20. The van der Waals surface area contributed by atoms with E-state index < -0.39 is 54.8 Å². The van der Waals surface area contributed by atoms with E-state index in [1.165, 1.54) is 6.92 Å². The molecule has 1 saturated heterocycles. The van der Waals surface area contributed by atoms with E-state index in [0.717, 1.165) is 9.69 Å². The molecule has 15 heteroatoms. The zero-order chi connectivity index (χ0) is 29.8. The van der Waals surface area contributed by atoms with E-state index in [1.807, 2.05) is 27.7 Å². The standard InChI is InChI=1S/C24H28Cl6N4O5/c1-10(35)34-20(2,3)8-11(9-21(34,4)5)32(13(37)7-6-12(31)36)33-18(38)14-15(19(33)39)23(28)17(26)16(25)22(14,27)24(23,29)30/h11,38-39H,6-9H2,1-5H3,(H2,31,36). The number of likely N-dealkylation sites (tertiary alicyclic amines) is 1. The highest BCUT2D eigenvalue weighted by molar-refractivity contribution is 6.65. The number of aromatic hydroxyl groups is 2. The van der Waals surface area contributed by atoms with Crippen LogP contribution in [0.2, 0.25) is 0 Å². The summed E-state index contributed by atoms with van der Waals surface area (Å²) in [6.45, 7) is 8.87. The van der Waals surface area contributed by atoms with E-state index >= 15 is 0 Å². The van der Waals surface area contributed by atoms with Gasteiger partial charge in [0.05, 0.1) is 27.2 Å². The van der Waals surface area contributed by atoms with Gasteiger partial charge in [0.2, 0.25) is 29.5 Å². The first-order valence-corrected chi connectivity index (χ1v) is 14.3. The van der Waals surface area contributed by atoms with E-state index in [1.54, 1.807) is 4.90 Å². The SMILES string of the molecule is CC(=O)N1C(C)(C)CC(N(C(=O)CCC(N)=O)n2c(O)c3c(c2O)C2(Cl)C(Cl)=C(Cl)C3(Cl)C2(Cl)Cl)CC1(C)C. The second-order valence-electron chi connectivity index (χ2n) is 11.5. The van der Waals surface area contributed by atoms with Crippen LogP contribution in [0.3, 0.4) is 0 Å². The minimum Gasteiger partial charge on any atom is -0.493 e. The van der Waals surface area contributed by atoms with Gasteiger partial charge < -0.3 is 20.8 Å². The number of carbonyl (C=O) groups excluding carboxylic acids is 3. The van der Waals surface area contributed by atoms with Gasteiger partial charge in [0.25, 0.3) is 0 Å². The normalized spacial score (nSPS) is 28.5. The monoisotopic (exact) mass is 662 g/mol. The van der Waals surface area contributed by atoms with Gasteiger partial charge >= 0.3 is 0 Å². The third kappa shape index (κ3) is 3.83. The fraction of sp³-hybridized carbons (Fsp3) is 0.625. The molecule has 4 N–H and O–H groups in total. The van der Waals surface area contributed by atoms with E-state index in [9.17, 15) is 24.6 Å². The summed E-state index contributed by atoms with van der Waals surface area (Å²) in [5, 5.41) is 23.8. The second kappa shape index (κ2) is 9.13. The van der Waals surface area contributed by atoms with Crippen molar-refractivity contribution >= 4 is 87.3 Å². The first-order valence-electron chi connectivity index (χ1n) is 12.0. The number of hydrogen-bond donors (Lipinski definition) is 3. The predicted octanol–water partition coefficient (Wildman–Crippen LogP) is 4.96. The zero-order valence-electron chi connectivity index (χ0n) is 21.7. The maximum absolute atomic E-state index is 13.7. The van der Waals surface area contributed by atoms with Crippen molar-refractivity contribution in [3.63, 3.8) is 0 Å². The maximum Gasteiger partial charge on any atom is 0.242 e. The molecule has 3 amide bonds. The molecule has 0 saturated carbocycles. The van der Waals surface area contributed by atoms with Crippen molar-refractivity contribution in [3.05, 3.63) is 21.2 Å². The number of nitrogens with two attached hydrogens (primary N) is 1. The molecule has 3 aliphatic rings. The highest BCUT2D eigenvalue weighted by atomic mass is 35.5. The maximum atomic E-state index is 13.7. The number of aromatic nitrogens is 1. The summed E-state index contributed by atoms with van der Waals surface area (Å²) in [5.41, 5.74) is 3.38. The molecule has 2 heterocycles. The van der Waals surface area contributed by atoms with Gasteiger partial charge in [-0.25, -0.2) is 5.01 Å². The van der Waals surface area contributed by atoms with E-state index in [2.05, 4.69) is 0 Å². The van der Waals surface area contributed by atoms with Gasteiger partial charge in [-0.1, -0.05) is 46.4 Å². The van der Waals surface area contributed by atoms with Crippen LogP contribution in [0.15, 0.2) is 10.1 Å². The Labute approximate surface area is 255 Å². The lowest BCUT2D eigenvalue weighted by molar-refractivity contribution is -0.147. The van der Waals surface area contributed by atoms with Gasteiger partial charge in [-0.05, 0) is 40.5 Å². The van der Waals surface area contributed by atoms with Crippen molar-refractivity contribution in [2.24, 2.45) is 5.73 Å². The van der Waals surface area contributed by atoms with Crippen LogP contribution in [-0.4, -0.2) is 59.0 Å². The molecule has 2 bridgehead atoms. The molecule has 39 heavy (non-hydrogen) atoms. The lowest BCUT2D eigenvalue weighted by atomic mass is 9.76. The highest BCUT2D eigenvalue weighted by Gasteiger charge is 2.80. The van der Waals surface area contributed by atoms with E-state index in [-0.39, 0.29) is 52.8 Å². The molecule has 1 aromatic rings. The van der Waals surface area contributed by atoms with Crippen LogP contribution in [-0.2, 0) is 24.1 Å². The summed E-state index contributed by atoms with van der Waals surface area (Å²) in [6.07, 6.45) is -0.140. The van der Waals surface area contributed by atoms with Gasteiger partial charge in [0.1, 0.15) is 9.75 Å². The number of rotatable bonds is 5. The van der Waals surface area contributed by atoms with Crippen LogP contribution in [0.4, 0.5) is 0 Å². The average Bonchev–Trinajstić information content (AvgIpc) is 3.15. The van der Waals surface area contributed by atoms with Crippen molar-refractivity contribution in [1.29, 1.82) is 0 Å². The summed E-state index contributed by atoms with van der Waals surface area (Å²) in [6, 6.07) is -0.693. The average molecular weight is 665 g/mol. The molecular formula is C24H28Cl6N4O5. The number of alkyl halides is 4. The molecule has 4 rings (SSSR count). The second-order valence-corrected chi connectivity index (χ2v) is 14.7. The third-order valence-corrected chi connectivity index (χ3v) is 11.9. The number of piperidine rings is 1. The highest BCUT2D eigenvalue weighted by Crippen LogP contribution is 2.80. The fourth-order valence-electron chi connectivity index (χ4n) is 6.82. The van der Waals surface area contributed by atoms with E-state index in [4.69, 9.17) is 75.3 Å². The fourth-order valence-corrected chi connectivity index (χ4v) is 9.50. The Balaban J connectivity index is 1.94.